The lowest BCUT2D eigenvalue weighted by Crippen LogP contribution is -2.47. The number of aromatic nitrogens is 5. The Bertz CT molecular complexity index is 4180. The van der Waals surface area contributed by atoms with Crippen molar-refractivity contribution in [3.8, 4) is 89.3 Å². The number of hydrogen-bond acceptors (Lipinski definition) is 6. The molecule has 0 atom stereocenters. The maximum absolute atomic E-state index is 5.54. The van der Waals surface area contributed by atoms with Gasteiger partial charge < -0.3 is 5.32 Å². The van der Waals surface area contributed by atoms with Crippen molar-refractivity contribution in [2.45, 2.75) is 143 Å². The van der Waals surface area contributed by atoms with Crippen molar-refractivity contribution in [1.82, 2.24) is 30.2 Å². The molecule has 6 nitrogen and oxygen atoms in total. The van der Waals surface area contributed by atoms with Gasteiger partial charge in [0.15, 0.2) is 0 Å². The first-order chi connectivity index (χ1) is 41.5. The van der Waals surface area contributed by atoms with Gasteiger partial charge in [0.25, 0.3) is 0 Å². The van der Waals surface area contributed by atoms with Gasteiger partial charge in [-0.1, -0.05) is 123 Å². The normalized spacial score (nSPS) is 28.3. The monoisotopic (exact) mass is 1090 g/mol. The number of dihydropyridines is 1. The molecule has 6 saturated carbocycles. The summed E-state index contributed by atoms with van der Waals surface area (Å²) >= 11 is 0. The van der Waals surface area contributed by atoms with Gasteiger partial charge in [0, 0.05) is 109 Å². The lowest BCUT2D eigenvalue weighted by Gasteiger charge is -2.49. The van der Waals surface area contributed by atoms with E-state index in [1.807, 2.05) is 12.4 Å². The first kappa shape index (κ1) is 48.3. The fourth-order valence-electron chi connectivity index (χ4n) is 21.5. The Morgan fingerprint density at radius 2 is 0.643 bits per heavy atom. The van der Waals surface area contributed by atoms with Crippen LogP contribution < -0.4 is 5.32 Å². The lowest BCUT2D eigenvalue weighted by atomic mass is 9.57. The highest BCUT2D eigenvalue weighted by Gasteiger charge is 2.66. The highest BCUT2D eigenvalue weighted by molar-refractivity contribution is 5.95. The standard InChI is InChI=1S/C78H68N6/c1-4-19-58(52-43-64-67(82-46-52)61-22-7-37-79-70(61)76-31-10-25-73(64,76)26-11-32-76)55(16-1)49-40-50(56-17-2-5-20-59(56)53-44-65-68(83-47-53)62-23-8-38-80-71(62)77-33-12-27-74(65,77)28-13-34-77)42-51(41-49)57-18-3-6-21-60(57)54-45-66-69(84-48-54)63-24-9-39-81-72(63)78-35-14-29-75(66,78)30-15-36-78/h1-9,16-24,37-38,40-48,81H,10-15,25-36,39H2. The third-order valence-corrected chi connectivity index (χ3v) is 24.5. The van der Waals surface area contributed by atoms with E-state index in [4.69, 9.17) is 24.9 Å². The van der Waals surface area contributed by atoms with Crippen molar-refractivity contribution in [3.05, 3.63) is 216 Å². The van der Waals surface area contributed by atoms with E-state index in [0.29, 0.717) is 0 Å². The lowest BCUT2D eigenvalue weighted by molar-refractivity contribution is 0.229. The predicted octanol–water partition coefficient (Wildman–Crippen LogP) is 18.2. The van der Waals surface area contributed by atoms with Gasteiger partial charge >= 0.3 is 0 Å². The summed E-state index contributed by atoms with van der Waals surface area (Å²) in [6.07, 6.45) is 37.4. The van der Waals surface area contributed by atoms with Crippen LogP contribution in [0.25, 0.3) is 94.8 Å². The number of nitrogens with zero attached hydrogens (tertiary/aromatic N) is 5. The summed E-state index contributed by atoms with van der Waals surface area (Å²) in [5, 5.41) is 3.94. The number of hydrogen-bond donors (Lipinski definition) is 1. The highest BCUT2D eigenvalue weighted by atomic mass is 15.0. The molecule has 0 radical (unpaired) electrons. The first-order valence-electron chi connectivity index (χ1n) is 32.0. The molecule has 6 fully saturated rings. The van der Waals surface area contributed by atoms with E-state index < -0.39 is 0 Å². The Balaban J connectivity index is 0.806. The number of nitrogens with one attached hydrogen (secondary N) is 1. The molecule has 19 rings (SSSR count). The Labute approximate surface area is 493 Å². The Hall–Kier alpha value is -8.09. The first-order valence-corrected chi connectivity index (χ1v) is 32.0. The van der Waals surface area contributed by atoms with Gasteiger partial charge in [-0.05, 0) is 204 Å². The van der Waals surface area contributed by atoms with Crippen LogP contribution in [0.2, 0.25) is 0 Å². The van der Waals surface area contributed by atoms with Gasteiger partial charge in [-0.25, -0.2) is 0 Å². The summed E-state index contributed by atoms with van der Waals surface area (Å²) in [7, 11) is 0. The van der Waals surface area contributed by atoms with Crippen LogP contribution in [0.15, 0.2) is 182 Å². The molecular weight excluding hydrogens is 1020 g/mol. The van der Waals surface area contributed by atoms with Gasteiger partial charge in [0.2, 0.25) is 0 Å². The molecule has 6 heteroatoms. The van der Waals surface area contributed by atoms with Crippen LogP contribution in [0.1, 0.15) is 149 Å². The zero-order valence-electron chi connectivity index (χ0n) is 47.9. The molecule has 5 aromatic heterocycles. The Morgan fingerprint density at radius 3 is 1.06 bits per heavy atom. The molecule has 0 saturated heterocycles. The minimum absolute atomic E-state index is 0.0655. The van der Waals surface area contributed by atoms with E-state index >= 15 is 0 Å². The maximum Gasteiger partial charge on any atom is 0.0758 e. The van der Waals surface area contributed by atoms with Crippen LogP contribution in [-0.2, 0) is 27.1 Å². The molecule has 0 spiro atoms. The molecule has 84 heavy (non-hydrogen) atoms. The van der Waals surface area contributed by atoms with Crippen LogP contribution in [0, 0.1) is 5.41 Å². The summed E-state index contributed by atoms with van der Waals surface area (Å²) in [5.74, 6) is 0. The van der Waals surface area contributed by atoms with Crippen LogP contribution >= 0.6 is 0 Å². The minimum Gasteiger partial charge on any atom is -0.384 e. The molecule has 0 amide bonds. The van der Waals surface area contributed by atoms with Crippen molar-refractivity contribution in [2.24, 2.45) is 5.41 Å². The number of benzene rings is 4. The second kappa shape index (κ2) is 17.3. The molecule has 10 aliphatic rings. The zero-order valence-corrected chi connectivity index (χ0v) is 47.9. The molecule has 9 aromatic rings. The molecule has 1 aliphatic heterocycles. The predicted molar refractivity (Wildman–Crippen MR) is 337 cm³/mol. The Morgan fingerprint density at radius 1 is 0.310 bits per heavy atom. The van der Waals surface area contributed by atoms with Gasteiger partial charge in [0.1, 0.15) is 0 Å². The van der Waals surface area contributed by atoms with Gasteiger partial charge in [-0.2, -0.15) is 0 Å². The molecule has 0 bridgehead atoms. The van der Waals surface area contributed by atoms with Crippen molar-refractivity contribution < 1.29 is 0 Å². The van der Waals surface area contributed by atoms with E-state index in [1.165, 1.54) is 239 Å². The number of allylic oxidation sites excluding steroid dienone is 3. The topological polar surface area (TPSA) is 76.5 Å². The van der Waals surface area contributed by atoms with Crippen molar-refractivity contribution in [2.75, 3.05) is 6.54 Å². The number of rotatable bonds is 6. The van der Waals surface area contributed by atoms with E-state index in [2.05, 4.69) is 170 Å². The van der Waals surface area contributed by atoms with E-state index in [0.717, 1.165) is 17.9 Å². The fourth-order valence-corrected chi connectivity index (χ4v) is 21.5. The van der Waals surface area contributed by atoms with Crippen LogP contribution in [0.3, 0.4) is 0 Å². The van der Waals surface area contributed by atoms with Crippen LogP contribution in [0.5, 0.6) is 0 Å². The second-order valence-electron chi connectivity index (χ2n) is 27.3. The van der Waals surface area contributed by atoms with Crippen LogP contribution in [-0.4, -0.2) is 31.5 Å². The molecule has 410 valence electrons. The van der Waals surface area contributed by atoms with E-state index in [9.17, 15) is 0 Å². The molecule has 9 aliphatic carbocycles. The third kappa shape index (κ3) is 6.00. The largest absolute Gasteiger partial charge is 0.384 e. The second-order valence-corrected chi connectivity index (χ2v) is 27.3. The zero-order chi connectivity index (χ0) is 55.0. The van der Waals surface area contributed by atoms with Crippen molar-refractivity contribution in [1.29, 1.82) is 0 Å². The summed E-state index contributed by atoms with van der Waals surface area (Å²) in [6.45, 7) is 0.907. The molecule has 4 aromatic carbocycles. The van der Waals surface area contributed by atoms with Gasteiger partial charge in [-0.3, -0.25) is 24.9 Å². The summed E-state index contributed by atoms with van der Waals surface area (Å²) in [4.78, 5) is 27.0. The maximum atomic E-state index is 5.54. The fraction of sp³-hybridized carbons (Fsp3) is 0.321. The van der Waals surface area contributed by atoms with Crippen molar-refractivity contribution in [3.63, 3.8) is 0 Å². The molecular formula is C78H68N6. The summed E-state index contributed by atoms with van der Waals surface area (Å²) < 4.78 is 0. The molecule has 0 unspecified atom stereocenters. The third-order valence-electron chi connectivity index (χ3n) is 24.5. The quantitative estimate of drug-likeness (QED) is 0.179. The number of pyridine rings is 5. The van der Waals surface area contributed by atoms with E-state index in [-0.39, 0.29) is 32.5 Å². The summed E-state index contributed by atoms with van der Waals surface area (Å²) in [5.41, 5.74) is 30.8. The van der Waals surface area contributed by atoms with Gasteiger partial charge in [-0.15, -0.1) is 0 Å². The minimum atomic E-state index is 0.0655. The highest BCUT2D eigenvalue weighted by Crippen LogP contribution is 2.72. The average molecular weight is 1090 g/mol. The summed E-state index contributed by atoms with van der Waals surface area (Å²) in [6, 6.07) is 51.5. The van der Waals surface area contributed by atoms with E-state index in [1.54, 1.807) is 0 Å². The van der Waals surface area contributed by atoms with Gasteiger partial charge in [0.05, 0.1) is 28.5 Å². The number of fused-ring (bicyclic) bond motifs is 8. The van der Waals surface area contributed by atoms with Crippen LogP contribution in [0.4, 0.5) is 0 Å². The Kier molecular flexibility index (Phi) is 9.93. The molecule has 6 heterocycles. The molecule has 1 N–H and O–H groups in total. The average Bonchev–Trinajstić information content (AvgIpc) is 1.63. The SMILES string of the molecule is C1=CC2=C(NC1)C13CCCC1(CCC3)c1cc(-c3ccccc3-c3cc(-c4ccccc4-c4cnc5c(c4)C46CCCC4(CCC6)c4ncccc4-5)cc(-c4ccccc4-c4cnc5c(c4)C46CCCC4(CCC6)c4ncccc4-5)c3)cnc12. The smallest absolute Gasteiger partial charge is 0.0758 e. The van der Waals surface area contributed by atoms with Crippen molar-refractivity contribution >= 4 is 5.57 Å².